The molecule has 0 saturated carbocycles. The molecule has 0 radical (unpaired) electrons. The molecule has 1 aliphatic heterocycles. The fraction of sp³-hybridized carbons (Fsp3) is 0.0667. The normalized spacial score (nSPS) is 12.7. The van der Waals surface area contributed by atoms with Crippen LogP contribution in [-0.4, -0.2) is 16.9 Å². The minimum absolute atomic E-state index is 0.0592. The van der Waals surface area contributed by atoms with Crippen LogP contribution in [0.15, 0.2) is 42.5 Å². The molecule has 3 N–H and O–H groups in total. The van der Waals surface area contributed by atoms with Gasteiger partial charge in [0.25, 0.3) is 5.91 Å². The van der Waals surface area contributed by atoms with Crippen LogP contribution in [0.2, 0.25) is 0 Å². The maximum Gasteiger partial charge on any atom is 0.255 e. The van der Waals surface area contributed by atoms with E-state index in [-0.39, 0.29) is 17.6 Å². The predicted molar refractivity (Wildman–Crippen MR) is 74.8 cm³/mol. The highest BCUT2D eigenvalue weighted by atomic mass is 16.3. The number of nitrogens with one attached hydrogen (secondary N) is 2. The van der Waals surface area contributed by atoms with Crippen molar-refractivity contribution in [3.63, 3.8) is 0 Å². The van der Waals surface area contributed by atoms with Crippen LogP contribution < -0.4 is 10.6 Å². The molecular formula is C15H12N2O3. The first-order valence-corrected chi connectivity index (χ1v) is 6.15. The van der Waals surface area contributed by atoms with E-state index in [0.29, 0.717) is 17.7 Å². The van der Waals surface area contributed by atoms with Crippen molar-refractivity contribution in [2.75, 3.05) is 10.6 Å². The monoisotopic (exact) mass is 268 g/mol. The van der Waals surface area contributed by atoms with Crippen molar-refractivity contribution >= 4 is 23.2 Å². The lowest BCUT2D eigenvalue weighted by Gasteiger charge is -2.06. The predicted octanol–water partition coefficient (Wildman–Crippen LogP) is 2.14. The first-order valence-electron chi connectivity index (χ1n) is 6.15. The summed E-state index contributed by atoms with van der Waals surface area (Å²) < 4.78 is 0. The smallest absolute Gasteiger partial charge is 0.255 e. The van der Waals surface area contributed by atoms with Crippen molar-refractivity contribution in [3.05, 3.63) is 53.6 Å². The van der Waals surface area contributed by atoms with Crippen molar-refractivity contribution in [1.29, 1.82) is 0 Å². The van der Waals surface area contributed by atoms with E-state index >= 15 is 0 Å². The topological polar surface area (TPSA) is 78.4 Å². The molecule has 3 rings (SSSR count). The van der Waals surface area contributed by atoms with Crippen LogP contribution in [0.1, 0.15) is 15.9 Å². The Morgan fingerprint density at radius 3 is 2.65 bits per heavy atom. The number of fused-ring (bicyclic) bond motifs is 1. The van der Waals surface area contributed by atoms with Gasteiger partial charge in [0.05, 0.1) is 6.42 Å². The Labute approximate surface area is 115 Å². The van der Waals surface area contributed by atoms with Crippen molar-refractivity contribution in [2.24, 2.45) is 0 Å². The lowest BCUT2D eigenvalue weighted by Crippen LogP contribution is -2.11. The van der Waals surface area contributed by atoms with Gasteiger partial charge >= 0.3 is 0 Å². The number of carbonyl (C=O) groups is 2. The van der Waals surface area contributed by atoms with Gasteiger partial charge in [0.2, 0.25) is 5.91 Å². The van der Waals surface area contributed by atoms with Gasteiger partial charge in [0.15, 0.2) is 0 Å². The Hall–Kier alpha value is -2.82. The maximum atomic E-state index is 12.1. The van der Waals surface area contributed by atoms with Crippen molar-refractivity contribution in [1.82, 2.24) is 0 Å². The van der Waals surface area contributed by atoms with E-state index in [2.05, 4.69) is 10.6 Å². The van der Waals surface area contributed by atoms with Gasteiger partial charge in [-0.3, -0.25) is 9.59 Å². The molecule has 0 fully saturated rings. The number of phenols is 1. The molecule has 0 saturated heterocycles. The van der Waals surface area contributed by atoms with E-state index in [1.807, 2.05) is 0 Å². The molecule has 1 aliphatic rings. The zero-order valence-corrected chi connectivity index (χ0v) is 10.5. The average Bonchev–Trinajstić information content (AvgIpc) is 2.80. The van der Waals surface area contributed by atoms with E-state index in [0.717, 1.165) is 11.3 Å². The molecule has 5 nitrogen and oxygen atoms in total. The van der Waals surface area contributed by atoms with Gasteiger partial charge < -0.3 is 15.7 Å². The minimum Gasteiger partial charge on any atom is -0.508 e. The maximum absolute atomic E-state index is 12.1. The van der Waals surface area contributed by atoms with E-state index in [1.54, 1.807) is 30.3 Å². The van der Waals surface area contributed by atoms with E-state index in [9.17, 15) is 14.7 Å². The van der Waals surface area contributed by atoms with Crippen LogP contribution in [0.25, 0.3) is 0 Å². The third kappa shape index (κ3) is 2.33. The van der Waals surface area contributed by atoms with E-state index in [1.165, 1.54) is 12.1 Å². The molecular weight excluding hydrogens is 256 g/mol. The summed E-state index contributed by atoms with van der Waals surface area (Å²) in [4.78, 5) is 23.4. The number of rotatable bonds is 2. The molecule has 0 aromatic heterocycles. The summed E-state index contributed by atoms with van der Waals surface area (Å²) in [6, 6.07) is 11.3. The molecule has 20 heavy (non-hydrogen) atoms. The number of benzene rings is 2. The standard InChI is InChI=1S/C15H12N2O3/c18-12-4-2-11(3-5-12)16-15(20)9-1-6-13-10(7-9)8-14(19)17-13/h1-7,18H,8H2,(H,16,20)(H,17,19). The minimum atomic E-state index is -0.252. The Morgan fingerprint density at radius 1 is 1.15 bits per heavy atom. The number of amides is 2. The van der Waals surface area contributed by atoms with Gasteiger partial charge in [-0.15, -0.1) is 0 Å². The van der Waals surface area contributed by atoms with Gasteiger partial charge in [0.1, 0.15) is 5.75 Å². The molecule has 2 aromatic rings. The third-order valence-corrected chi connectivity index (χ3v) is 3.12. The van der Waals surface area contributed by atoms with Crippen molar-refractivity contribution in [3.8, 4) is 5.75 Å². The van der Waals surface area contributed by atoms with Crippen molar-refractivity contribution < 1.29 is 14.7 Å². The van der Waals surface area contributed by atoms with E-state index in [4.69, 9.17) is 0 Å². The summed E-state index contributed by atoms with van der Waals surface area (Å²) in [6.07, 6.45) is 0.301. The fourth-order valence-corrected chi connectivity index (χ4v) is 2.12. The Bertz CT molecular complexity index is 693. The molecule has 0 spiro atoms. The summed E-state index contributed by atoms with van der Waals surface area (Å²) in [5.41, 5.74) is 2.68. The Balaban J connectivity index is 1.79. The van der Waals surface area contributed by atoms with Gasteiger partial charge in [-0.2, -0.15) is 0 Å². The SMILES string of the molecule is O=C1Cc2cc(C(=O)Nc3ccc(O)cc3)ccc2N1. The number of phenolic OH excluding ortho intramolecular Hbond substituents is 1. The zero-order valence-electron chi connectivity index (χ0n) is 10.5. The summed E-state index contributed by atoms with van der Waals surface area (Å²) in [6.45, 7) is 0. The van der Waals surface area contributed by atoms with Gasteiger partial charge in [-0.05, 0) is 48.0 Å². The second kappa shape index (κ2) is 4.70. The highest BCUT2D eigenvalue weighted by Crippen LogP contribution is 2.24. The summed E-state index contributed by atoms with van der Waals surface area (Å²) in [7, 11) is 0. The Morgan fingerprint density at radius 2 is 1.90 bits per heavy atom. The number of anilines is 2. The Kier molecular flexibility index (Phi) is 2.87. The lowest BCUT2D eigenvalue weighted by atomic mass is 10.1. The second-order valence-electron chi connectivity index (χ2n) is 4.60. The van der Waals surface area contributed by atoms with Crippen LogP contribution in [0.3, 0.4) is 0 Å². The first-order chi connectivity index (χ1) is 9.61. The quantitative estimate of drug-likeness (QED) is 0.730. The van der Waals surface area contributed by atoms with E-state index < -0.39 is 0 Å². The number of hydrogen-bond donors (Lipinski definition) is 3. The molecule has 2 aromatic carbocycles. The molecule has 0 atom stereocenters. The number of carbonyl (C=O) groups excluding carboxylic acids is 2. The number of aromatic hydroxyl groups is 1. The van der Waals surface area contributed by atoms with Crippen LogP contribution in [0.4, 0.5) is 11.4 Å². The highest BCUT2D eigenvalue weighted by Gasteiger charge is 2.19. The van der Waals surface area contributed by atoms with Crippen LogP contribution in [-0.2, 0) is 11.2 Å². The van der Waals surface area contributed by atoms with Crippen LogP contribution >= 0.6 is 0 Å². The average molecular weight is 268 g/mol. The fourth-order valence-electron chi connectivity index (χ4n) is 2.12. The van der Waals surface area contributed by atoms with Crippen LogP contribution in [0, 0.1) is 0 Å². The van der Waals surface area contributed by atoms with Gasteiger partial charge in [-0.1, -0.05) is 0 Å². The molecule has 2 amide bonds. The largest absolute Gasteiger partial charge is 0.508 e. The molecule has 1 heterocycles. The van der Waals surface area contributed by atoms with Crippen LogP contribution in [0.5, 0.6) is 5.75 Å². The van der Waals surface area contributed by atoms with Gasteiger partial charge in [0, 0.05) is 16.9 Å². The first kappa shape index (κ1) is 12.2. The molecule has 5 heteroatoms. The molecule has 0 aliphatic carbocycles. The molecule has 0 bridgehead atoms. The molecule has 0 unspecified atom stereocenters. The second-order valence-corrected chi connectivity index (χ2v) is 4.60. The molecule has 100 valence electrons. The summed E-state index contributed by atoms with van der Waals surface area (Å²) in [5.74, 6) is -0.168. The van der Waals surface area contributed by atoms with Gasteiger partial charge in [-0.25, -0.2) is 0 Å². The zero-order chi connectivity index (χ0) is 14.1. The number of hydrogen-bond acceptors (Lipinski definition) is 3. The summed E-state index contributed by atoms with van der Waals surface area (Å²) in [5, 5.41) is 14.6. The third-order valence-electron chi connectivity index (χ3n) is 3.12. The lowest BCUT2D eigenvalue weighted by molar-refractivity contribution is -0.115. The highest BCUT2D eigenvalue weighted by molar-refractivity contribution is 6.06. The summed E-state index contributed by atoms with van der Waals surface area (Å²) >= 11 is 0. The van der Waals surface area contributed by atoms with Crippen molar-refractivity contribution in [2.45, 2.75) is 6.42 Å².